The van der Waals surface area contributed by atoms with Gasteiger partial charge in [-0.1, -0.05) is 41.4 Å². The van der Waals surface area contributed by atoms with Crippen molar-refractivity contribution < 1.29 is 9.47 Å². The zero-order chi connectivity index (χ0) is 20.8. The standard InChI is InChI=1S/C24H25BrClNO2/c1-4-28-23-13-19(14-27-22-10-5-16(2)11-17(22)3)12-21(25)24(23)29-15-18-6-8-20(26)9-7-18/h5-13,27H,4,14-15H2,1-3H3. The van der Waals surface area contributed by atoms with Gasteiger partial charge in [-0.05, 0) is 83.7 Å². The second-order valence-corrected chi connectivity index (χ2v) is 8.22. The molecule has 3 rings (SSSR count). The quantitative estimate of drug-likeness (QED) is 0.371. The van der Waals surface area contributed by atoms with Crippen molar-refractivity contribution in [3.8, 4) is 11.5 Å². The summed E-state index contributed by atoms with van der Waals surface area (Å²) in [6.07, 6.45) is 0. The molecule has 0 unspecified atom stereocenters. The fraction of sp³-hybridized carbons (Fsp3) is 0.250. The number of aryl methyl sites for hydroxylation is 2. The van der Waals surface area contributed by atoms with Crippen molar-refractivity contribution >= 4 is 33.2 Å². The van der Waals surface area contributed by atoms with E-state index in [1.54, 1.807) is 0 Å². The zero-order valence-electron chi connectivity index (χ0n) is 16.9. The van der Waals surface area contributed by atoms with Crippen LogP contribution in [0.2, 0.25) is 5.02 Å². The molecule has 0 radical (unpaired) electrons. The van der Waals surface area contributed by atoms with E-state index in [4.69, 9.17) is 21.1 Å². The maximum Gasteiger partial charge on any atom is 0.175 e. The molecule has 0 saturated carbocycles. The Morgan fingerprint density at radius 2 is 1.69 bits per heavy atom. The van der Waals surface area contributed by atoms with Gasteiger partial charge in [0.15, 0.2) is 11.5 Å². The van der Waals surface area contributed by atoms with Crippen LogP contribution in [-0.4, -0.2) is 6.61 Å². The van der Waals surface area contributed by atoms with Crippen LogP contribution in [0.5, 0.6) is 11.5 Å². The monoisotopic (exact) mass is 473 g/mol. The first kappa shape index (κ1) is 21.5. The van der Waals surface area contributed by atoms with Crippen LogP contribution < -0.4 is 14.8 Å². The van der Waals surface area contributed by atoms with Gasteiger partial charge in [-0.25, -0.2) is 0 Å². The van der Waals surface area contributed by atoms with E-state index < -0.39 is 0 Å². The van der Waals surface area contributed by atoms with Gasteiger partial charge in [0.1, 0.15) is 6.61 Å². The molecule has 29 heavy (non-hydrogen) atoms. The first-order valence-electron chi connectivity index (χ1n) is 9.60. The summed E-state index contributed by atoms with van der Waals surface area (Å²) >= 11 is 9.60. The smallest absolute Gasteiger partial charge is 0.175 e. The van der Waals surface area contributed by atoms with Gasteiger partial charge in [0.2, 0.25) is 0 Å². The van der Waals surface area contributed by atoms with Crippen LogP contribution in [0.1, 0.15) is 29.2 Å². The van der Waals surface area contributed by atoms with Crippen molar-refractivity contribution in [1.29, 1.82) is 0 Å². The highest BCUT2D eigenvalue weighted by Gasteiger charge is 2.13. The number of halogens is 2. The van der Waals surface area contributed by atoms with Crippen molar-refractivity contribution in [3.05, 3.63) is 86.3 Å². The predicted octanol–water partition coefficient (Wildman–Crippen LogP) is 7.31. The van der Waals surface area contributed by atoms with E-state index in [2.05, 4.69) is 59.4 Å². The Kier molecular flexibility index (Phi) is 7.45. The number of nitrogens with one attached hydrogen (secondary N) is 1. The third-order valence-corrected chi connectivity index (χ3v) is 5.37. The second kappa shape index (κ2) is 10.0. The summed E-state index contributed by atoms with van der Waals surface area (Å²) in [5.74, 6) is 1.44. The second-order valence-electron chi connectivity index (χ2n) is 6.92. The van der Waals surface area contributed by atoms with Crippen molar-refractivity contribution in [1.82, 2.24) is 0 Å². The molecule has 0 aliphatic heterocycles. The average molecular weight is 475 g/mol. The molecular weight excluding hydrogens is 450 g/mol. The van der Waals surface area contributed by atoms with Gasteiger partial charge < -0.3 is 14.8 Å². The number of benzene rings is 3. The van der Waals surface area contributed by atoms with E-state index in [1.165, 1.54) is 11.1 Å². The van der Waals surface area contributed by atoms with Crippen LogP contribution >= 0.6 is 27.5 Å². The van der Waals surface area contributed by atoms with Gasteiger partial charge in [-0.2, -0.15) is 0 Å². The first-order chi connectivity index (χ1) is 14.0. The molecule has 152 valence electrons. The van der Waals surface area contributed by atoms with E-state index in [9.17, 15) is 0 Å². The molecule has 3 aromatic rings. The summed E-state index contributed by atoms with van der Waals surface area (Å²) in [6, 6.07) is 18.1. The van der Waals surface area contributed by atoms with Crippen LogP contribution in [0.25, 0.3) is 0 Å². The van der Waals surface area contributed by atoms with E-state index in [-0.39, 0.29) is 0 Å². The SMILES string of the molecule is CCOc1cc(CNc2ccc(C)cc2C)cc(Br)c1OCc1ccc(Cl)cc1. The van der Waals surface area contributed by atoms with Gasteiger partial charge in [0.25, 0.3) is 0 Å². The number of ether oxygens (including phenoxy) is 2. The number of rotatable bonds is 8. The molecule has 0 fully saturated rings. The Bertz CT molecular complexity index is 973. The largest absolute Gasteiger partial charge is 0.490 e. The summed E-state index contributed by atoms with van der Waals surface area (Å²) in [4.78, 5) is 0. The van der Waals surface area contributed by atoms with Gasteiger partial charge in [0.05, 0.1) is 11.1 Å². The maximum absolute atomic E-state index is 6.06. The van der Waals surface area contributed by atoms with Gasteiger partial charge in [-0.3, -0.25) is 0 Å². The Labute approximate surface area is 186 Å². The van der Waals surface area contributed by atoms with Crippen LogP contribution in [0.4, 0.5) is 5.69 Å². The summed E-state index contributed by atoms with van der Waals surface area (Å²) in [5, 5.41) is 4.22. The van der Waals surface area contributed by atoms with Crippen molar-refractivity contribution in [2.45, 2.75) is 33.9 Å². The van der Waals surface area contributed by atoms with E-state index in [1.807, 2.05) is 37.3 Å². The normalized spacial score (nSPS) is 10.7. The number of hydrogen-bond acceptors (Lipinski definition) is 3. The summed E-state index contributed by atoms with van der Waals surface area (Å²) in [5.41, 5.74) is 5.78. The highest BCUT2D eigenvalue weighted by atomic mass is 79.9. The topological polar surface area (TPSA) is 30.5 Å². The minimum Gasteiger partial charge on any atom is -0.490 e. The molecular formula is C24H25BrClNO2. The molecule has 3 nitrogen and oxygen atoms in total. The van der Waals surface area contributed by atoms with Crippen LogP contribution in [0, 0.1) is 13.8 Å². The molecule has 0 spiro atoms. The molecule has 0 aliphatic rings. The minimum atomic E-state index is 0.440. The lowest BCUT2D eigenvalue weighted by atomic mass is 10.1. The summed E-state index contributed by atoms with van der Waals surface area (Å²) in [7, 11) is 0. The molecule has 0 aromatic heterocycles. The lowest BCUT2D eigenvalue weighted by Gasteiger charge is -2.17. The molecule has 0 heterocycles. The Hall–Kier alpha value is -2.17. The Balaban J connectivity index is 1.75. The average Bonchev–Trinajstić information content (AvgIpc) is 2.68. The number of hydrogen-bond donors (Lipinski definition) is 1. The summed E-state index contributed by atoms with van der Waals surface area (Å²) < 4.78 is 12.8. The van der Waals surface area contributed by atoms with Crippen molar-refractivity contribution in [2.75, 3.05) is 11.9 Å². The lowest BCUT2D eigenvalue weighted by Crippen LogP contribution is -2.04. The Morgan fingerprint density at radius 1 is 0.931 bits per heavy atom. The van der Waals surface area contributed by atoms with Gasteiger partial charge >= 0.3 is 0 Å². The molecule has 1 N–H and O–H groups in total. The fourth-order valence-electron chi connectivity index (χ4n) is 3.07. The first-order valence-corrected chi connectivity index (χ1v) is 10.8. The lowest BCUT2D eigenvalue weighted by molar-refractivity contribution is 0.267. The third kappa shape index (κ3) is 5.91. The molecule has 0 aliphatic carbocycles. The van der Waals surface area contributed by atoms with Gasteiger partial charge in [0, 0.05) is 17.3 Å². The predicted molar refractivity (Wildman–Crippen MR) is 124 cm³/mol. The van der Waals surface area contributed by atoms with Crippen molar-refractivity contribution in [2.24, 2.45) is 0 Å². The van der Waals surface area contributed by atoms with Gasteiger partial charge in [-0.15, -0.1) is 0 Å². The highest BCUT2D eigenvalue weighted by molar-refractivity contribution is 9.10. The van der Waals surface area contributed by atoms with Crippen LogP contribution in [0.15, 0.2) is 59.1 Å². The van der Waals surface area contributed by atoms with Crippen LogP contribution in [-0.2, 0) is 13.2 Å². The van der Waals surface area contributed by atoms with E-state index in [0.717, 1.165) is 27.0 Å². The maximum atomic E-state index is 6.06. The number of anilines is 1. The zero-order valence-corrected chi connectivity index (χ0v) is 19.2. The Morgan fingerprint density at radius 3 is 2.38 bits per heavy atom. The fourth-order valence-corrected chi connectivity index (χ4v) is 3.80. The van der Waals surface area contributed by atoms with Crippen LogP contribution in [0.3, 0.4) is 0 Å². The molecule has 0 atom stereocenters. The highest BCUT2D eigenvalue weighted by Crippen LogP contribution is 2.38. The third-order valence-electron chi connectivity index (χ3n) is 4.53. The molecule has 0 saturated heterocycles. The van der Waals surface area contributed by atoms with Crippen molar-refractivity contribution in [3.63, 3.8) is 0 Å². The molecule has 5 heteroatoms. The molecule has 0 amide bonds. The van der Waals surface area contributed by atoms with E-state index in [0.29, 0.717) is 30.5 Å². The van der Waals surface area contributed by atoms with E-state index >= 15 is 0 Å². The molecule has 0 bridgehead atoms. The summed E-state index contributed by atoms with van der Waals surface area (Å²) in [6.45, 7) is 7.89. The molecule has 3 aromatic carbocycles. The minimum absolute atomic E-state index is 0.440.